The first-order valence-electron chi connectivity index (χ1n) is 5.14. The maximum absolute atomic E-state index is 5.74. The predicted molar refractivity (Wildman–Crippen MR) is 60.6 cm³/mol. The van der Waals surface area contributed by atoms with E-state index in [1.165, 1.54) is 5.56 Å². The van der Waals surface area contributed by atoms with Gasteiger partial charge in [-0.05, 0) is 43.0 Å². The van der Waals surface area contributed by atoms with Gasteiger partial charge in [0.1, 0.15) is 5.75 Å². The zero-order valence-corrected chi connectivity index (χ0v) is 9.21. The summed E-state index contributed by atoms with van der Waals surface area (Å²) in [5, 5.41) is 0. The first-order chi connectivity index (χ1) is 6.63. The lowest BCUT2D eigenvalue weighted by molar-refractivity contribution is 0.335. The highest BCUT2D eigenvalue weighted by Gasteiger charge is 2.05. The smallest absolute Gasteiger partial charge is 0.122 e. The average Bonchev–Trinajstić information content (AvgIpc) is 2.09. The Labute approximate surface area is 86.1 Å². The van der Waals surface area contributed by atoms with Gasteiger partial charge in [0, 0.05) is 5.69 Å². The fourth-order valence-corrected chi connectivity index (χ4v) is 1.50. The molecule has 78 valence electrons. The molecule has 2 nitrogen and oxygen atoms in total. The first-order valence-corrected chi connectivity index (χ1v) is 5.14. The lowest BCUT2D eigenvalue weighted by atomic mass is 10.0. The number of nitrogen functional groups attached to an aromatic ring is 1. The Morgan fingerprint density at radius 2 is 2.07 bits per heavy atom. The van der Waals surface area contributed by atoms with Crippen molar-refractivity contribution in [1.29, 1.82) is 0 Å². The lowest BCUT2D eigenvalue weighted by Gasteiger charge is -2.12. The molecule has 14 heavy (non-hydrogen) atoms. The van der Waals surface area contributed by atoms with Crippen LogP contribution in [0.2, 0.25) is 0 Å². The summed E-state index contributed by atoms with van der Waals surface area (Å²) in [5.41, 5.74) is 7.76. The maximum Gasteiger partial charge on any atom is 0.122 e. The summed E-state index contributed by atoms with van der Waals surface area (Å²) >= 11 is 0. The van der Waals surface area contributed by atoms with Gasteiger partial charge in [-0.1, -0.05) is 13.8 Å². The Morgan fingerprint density at radius 1 is 1.36 bits per heavy atom. The molecule has 0 aliphatic rings. The third-order valence-electron chi connectivity index (χ3n) is 2.01. The molecular weight excluding hydrogens is 174 g/mol. The first kappa shape index (κ1) is 10.9. The molecule has 0 amide bonds. The predicted octanol–water partition coefficient (Wildman–Crippen LogP) is 2.87. The minimum absolute atomic E-state index is 0.621. The topological polar surface area (TPSA) is 35.2 Å². The summed E-state index contributed by atoms with van der Waals surface area (Å²) in [5.74, 6) is 1.59. The molecule has 2 N–H and O–H groups in total. The summed E-state index contributed by atoms with van der Waals surface area (Å²) in [6.45, 7) is 7.09. The highest BCUT2D eigenvalue weighted by atomic mass is 16.5. The summed E-state index contributed by atoms with van der Waals surface area (Å²) in [4.78, 5) is 0. The van der Waals surface area contributed by atoms with E-state index in [4.69, 9.17) is 10.5 Å². The lowest BCUT2D eigenvalue weighted by Crippen LogP contribution is -2.01. The van der Waals surface area contributed by atoms with Crippen molar-refractivity contribution >= 4 is 5.69 Å². The summed E-state index contributed by atoms with van der Waals surface area (Å²) in [7, 11) is 0. The molecule has 2 heteroatoms. The van der Waals surface area contributed by atoms with E-state index < -0.39 is 0 Å². The number of benzene rings is 1. The van der Waals surface area contributed by atoms with E-state index in [2.05, 4.69) is 13.8 Å². The molecule has 0 unspecified atom stereocenters. The number of hydrogen-bond acceptors (Lipinski definition) is 2. The number of anilines is 1. The molecule has 0 saturated carbocycles. The van der Waals surface area contributed by atoms with Crippen molar-refractivity contribution in [1.82, 2.24) is 0 Å². The fourth-order valence-electron chi connectivity index (χ4n) is 1.50. The Hall–Kier alpha value is -1.18. The zero-order valence-electron chi connectivity index (χ0n) is 9.21. The third-order valence-corrected chi connectivity index (χ3v) is 2.01. The molecule has 0 spiro atoms. The number of ether oxygens (including phenoxy) is 1. The van der Waals surface area contributed by atoms with E-state index in [1.54, 1.807) is 0 Å². The molecule has 0 bridgehead atoms. The standard InChI is InChI=1S/C12H19NO/c1-4-14-12-6-5-11(13)8-10(12)7-9(2)3/h5-6,8-9H,4,7,13H2,1-3H3. The molecule has 0 radical (unpaired) electrons. The second-order valence-electron chi connectivity index (χ2n) is 3.90. The van der Waals surface area contributed by atoms with Crippen LogP contribution in [-0.4, -0.2) is 6.61 Å². The monoisotopic (exact) mass is 193 g/mol. The van der Waals surface area contributed by atoms with E-state index in [1.807, 2.05) is 25.1 Å². The van der Waals surface area contributed by atoms with Gasteiger partial charge in [0.05, 0.1) is 6.61 Å². The van der Waals surface area contributed by atoms with Crippen LogP contribution in [0.5, 0.6) is 5.75 Å². The molecule has 1 rings (SSSR count). The molecule has 0 saturated heterocycles. The van der Waals surface area contributed by atoms with E-state index in [9.17, 15) is 0 Å². The van der Waals surface area contributed by atoms with Gasteiger partial charge in [-0.3, -0.25) is 0 Å². The van der Waals surface area contributed by atoms with E-state index in [0.29, 0.717) is 12.5 Å². The second kappa shape index (κ2) is 4.89. The van der Waals surface area contributed by atoms with Gasteiger partial charge in [0.15, 0.2) is 0 Å². The number of rotatable bonds is 4. The molecule has 0 atom stereocenters. The third kappa shape index (κ3) is 2.95. The molecule has 0 heterocycles. The van der Waals surface area contributed by atoms with Crippen LogP contribution in [0.25, 0.3) is 0 Å². The van der Waals surface area contributed by atoms with Gasteiger partial charge >= 0.3 is 0 Å². The Kier molecular flexibility index (Phi) is 3.81. The maximum atomic E-state index is 5.74. The van der Waals surface area contributed by atoms with Gasteiger partial charge in [-0.15, -0.1) is 0 Å². The quantitative estimate of drug-likeness (QED) is 0.746. The van der Waals surface area contributed by atoms with Crippen molar-refractivity contribution in [3.05, 3.63) is 23.8 Å². The van der Waals surface area contributed by atoms with Gasteiger partial charge < -0.3 is 10.5 Å². The van der Waals surface area contributed by atoms with Crippen molar-refractivity contribution in [2.24, 2.45) is 5.92 Å². The summed E-state index contributed by atoms with van der Waals surface area (Å²) in [6, 6.07) is 5.84. The SMILES string of the molecule is CCOc1ccc(N)cc1CC(C)C. The zero-order chi connectivity index (χ0) is 10.6. The Bertz CT molecular complexity index is 294. The summed E-state index contributed by atoms with van der Waals surface area (Å²) < 4.78 is 5.54. The largest absolute Gasteiger partial charge is 0.494 e. The molecule has 1 aromatic rings. The Morgan fingerprint density at radius 3 is 2.64 bits per heavy atom. The van der Waals surface area contributed by atoms with Crippen molar-refractivity contribution in [3.63, 3.8) is 0 Å². The van der Waals surface area contributed by atoms with Gasteiger partial charge in [-0.25, -0.2) is 0 Å². The highest BCUT2D eigenvalue weighted by Crippen LogP contribution is 2.24. The molecule has 0 aliphatic carbocycles. The molecule has 1 aromatic carbocycles. The number of hydrogen-bond donors (Lipinski definition) is 1. The van der Waals surface area contributed by atoms with Crippen LogP contribution >= 0.6 is 0 Å². The van der Waals surface area contributed by atoms with Crippen molar-refractivity contribution < 1.29 is 4.74 Å². The van der Waals surface area contributed by atoms with Crippen LogP contribution in [-0.2, 0) is 6.42 Å². The molecule has 0 aromatic heterocycles. The van der Waals surface area contributed by atoms with Crippen LogP contribution in [0.1, 0.15) is 26.3 Å². The molecular formula is C12H19NO. The summed E-state index contributed by atoms with van der Waals surface area (Å²) in [6.07, 6.45) is 1.01. The number of nitrogens with two attached hydrogens (primary N) is 1. The van der Waals surface area contributed by atoms with Crippen LogP contribution in [0.3, 0.4) is 0 Å². The Balaban J connectivity index is 2.90. The van der Waals surface area contributed by atoms with Gasteiger partial charge in [0.25, 0.3) is 0 Å². The fraction of sp³-hybridized carbons (Fsp3) is 0.500. The minimum atomic E-state index is 0.621. The minimum Gasteiger partial charge on any atom is -0.494 e. The van der Waals surface area contributed by atoms with Crippen LogP contribution in [0.15, 0.2) is 18.2 Å². The average molecular weight is 193 g/mol. The van der Waals surface area contributed by atoms with Gasteiger partial charge in [-0.2, -0.15) is 0 Å². The van der Waals surface area contributed by atoms with Crippen molar-refractivity contribution in [2.75, 3.05) is 12.3 Å². The van der Waals surface area contributed by atoms with Crippen molar-refractivity contribution in [3.8, 4) is 5.75 Å². The van der Waals surface area contributed by atoms with Crippen LogP contribution in [0.4, 0.5) is 5.69 Å². The van der Waals surface area contributed by atoms with E-state index in [-0.39, 0.29) is 0 Å². The van der Waals surface area contributed by atoms with Crippen LogP contribution < -0.4 is 10.5 Å². The molecule has 0 aliphatic heterocycles. The normalized spacial score (nSPS) is 10.6. The van der Waals surface area contributed by atoms with Crippen molar-refractivity contribution in [2.45, 2.75) is 27.2 Å². The van der Waals surface area contributed by atoms with E-state index in [0.717, 1.165) is 17.9 Å². The molecule has 0 fully saturated rings. The second-order valence-corrected chi connectivity index (χ2v) is 3.90. The highest BCUT2D eigenvalue weighted by molar-refractivity contribution is 5.48. The van der Waals surface area contributed by atoms with E-state index >= 15 is 0 Å². The van der Waals surface area contributed by atoms with Gasteiger partial charge in [0.2, 0.25) is 0 Å². The van der Waals surface area contributed by atoms with Crippen LogP contribution in [0, 0.1) is 5.92 Å².